The molecule has 0 N–H and O–H groups in total. The normalized spacial score (nSPS) is 17.1. The number of amides is 1. The number of halogens is 3. The standard InChI is InChI=1S/C23H20F3NO/c1-2-13-27-20-12-9-15-5-3-4-6-18(15)22(20)19(14-21(27)28)16-7-10-17(11-8-16)23(24,25)26/h3-12,19H,2,13-14H2,1H3. The second-order valence-corrected chi connectivity index (χ2v) is 7.14. The van der Waals surface area contributed by atoms with Gasteiger partial charge in [0.05, 0.1) is 5.56 Å². The molecular formula is C23H20F3NO. The molecule has 2 nitrogen and oxygen atoms in total. The highest BCUT2D eigenvalue weighted by atomic mass is 19.4. The van der Waals surface area contributed by atoms with Gasteiger partial charge in [0.15, 0.2) is 0 Å². The number of fused-ring (bicyclic) bond motifs is 3. The summed E-state index contributed by atoms with van der Waals surface area (Å²) in [6.07, 6.45) is -3.28. The molecule has 1 heterocycles. The molecule has 0 bridgehead atoms. The van der Waals surface area contributed by atoms with Crippen LogP contribution in [0.1, 0.15) is 42.4 Å². The molecule has 1 aliphatic rings. The number of anilines is 1. The summed E-state index contributed by atoms with van der Waals surface area (Å²) >= 11 is 0. The third-order valence-electron chi connectivity index (χ3n) is 5.35. The topological polar surface area (TPSA) is 20.3 Å². The molecule has 0 saturated carbocycles. The molecular weight excluding hydrogens is 363 g/mol. The molecule has 5 heteroatoms. The van der Waals surface area contributed by atoms with Crippen LogP contribution in [0.25, 0.3) is 10.8 Å². The Bertz CT molecular complexity index is 1020. The summed E-state index contributed by atoms with van der Waals surface area (Å²) in [5, 5.41) is 2.10. The lowest BCUT2D eigenvalue weighted by molar-refractivity contribution is -0.137. The summed E-state index contributed by atoms with van der Waals surface area (Å²) in [6.45, 7) is 2.65. The minimum Gasteiger partial charge on any atom is -0.312 e. The summed E-state index contributed by atoms with van der Waals surface area (Å²) in [6, 6.07) is 17.1. The number of hydrogen-bond acceptors (Lipinski definition) is 1. The first-order chi connectivity index (χ1) is 13.4. The van der Waals surface area contributed by atoms with Crippen LogP contribution in [0.2, 0.25) is 0 Å². The van der Waals surface area contributed by atoms with E-state index in [1.165, 1.54) is 12.1 Å². The fourth-order valence-electron chi connectivity index (χ4n) is 4.06. The number of carbonyl (C=O) groups excluding carboxylic acids is 1. The fourth-order valence-corrected chi connectivity index (χ4v) is 4.06. The van der Waals surface area contributed by atoms with Crippen molar-refractivity contribution in [3.05, 3.63) is 77.4 Å². The van der Waals surface area contributed by atoms with Crippen molar-refractivity contribution in [1.82, 2.24) is 0 Å². The summed E-state index contributed by atoms with van der Waals surface area (Å²) in [4.78, 5) is 14.6. The van der Waals surface area contributed by atoms with Crippen LogP contribution in [0.15, 0.2) is 60.7 Å². The molecule has 0 radical (unpaired) electrons. The number of carbonyl (C=O) groups is 1. The predicted molar refractivity (Wildman–Crippen MR) is 104 cm³/mol. The van der Waals surface area contributed by atoms with Gasteiger partial charge in [0, 0.05) is 24.6 Å². The summed E-state index contributed by atoms with van der Waals surface area (Å²) < 4.78 is 38.8. The molecule has 0 aromatic heterocycles. The second-order valence-electron chi connectivity index (χ2n) is 7.14. The average molecular weight is 383 g/mol. The van der Waals surface area contributed by atoms with Crippen LogP contribution in [0, 0.1) is 0 Å². The first kappa shape index (κ1) is 18.5. The van der Waals surface area contributed by atoms with Crippen LogP contribution in [0.4, 0.5) is 18.9 Å². The van der Waals surface area contributed by atoms with Crippen molar-refractivity contribution in [2.24, 2.45) is 0 Å². The van der Waals surface area contributed by atoms with Gasteiger partial charge in [-0.05, 0) is 46.5 Å². The SMILES string of the molecule is CCCN1C(=O)CC(c2ccc(C(F)(F)F)cc2)c2c1ccc1ccccc21. The molecule has 0 aliphatic carbocycles. The number of alkyl halides is 3. The summed E-state index contributed by atoms with van der Waals surface area (Å²) in [5.41, 5.74) is 1.94. The smallest absolute Gasteiger partial charge is 0.312 e. The van der Waals surface area contributed by atoms with Crippen molar-refractivity contribution in [2.45, 2.75) is 31.9 Å². The molecule has 3 aromatic carbocycles. The van der Waals surface area contributed by atoms with E-state index in [2.05, 4.69) is 0 Å². The Kier molecular flexibility index (Phi) is 4.61. The Morgan fingerprint density at radius 2 is 1.71 bits per heavy atom. The molecule has 28 heavy (non-hydrogen) atoms. The van der Waals surface area contributed by atoms with Crippen LogP contribution in [-0.2, 0) is 11.0 Å². The van der Waals surface area contributed by atoms with Gasteiger partial charge in [-0.3, -0.25) is 4.79 Å². The van der Waals surface area contributed by atoms with Gasteiger partial charge in [-0.1, -0.05) is 49.4 Å². The summed E-state index contributed by atoms with van der Waals surface area (Å²) in [7, 11) is 0. The van der Waals surface area contributed by atoms with E-state index < -0.39 is 11.7 Å². The molecule has 1 amide bonds. The van der Waals surface area contributed by atoms with E-state index in [1.807, 2.05) is 48.2 Å². The van der Waals surface area contributed by atoms with E-state index in [9.17, 15) is 18.0 Å². The number of benzene rings is 3. The quantitative estimate of drug-likeness (QED) is 0.532. The number of hydrogen-bond donors (Lipinski definition) is 0. The molecule has 0 fully saturated rings. The van der Waals surface area contributed by atoms with Crippen LogP contribution in [0.3, 0.4) is 0 Å². The monoisotopic (exact) mass is 383 g/mol. The van der Waals surface area contributed by atoms with Crippen LogP contribution < -0.4 is 4.90 Å². The lowest BCUT2D eigenvalue weighted by atomic mass is 9.81. The van der Waals surface area contributed by atoms with E-state index in [0.717, 1.165) is 46.1 Å². The molecule has 4 rings (SSSR count). The third kappa shape index (κ3) is 3.15. The van der Waals surface area contributed by atoms with Gasteiger partial charge >= 0.3 is 6.18 Å². The Labute approximate surface area is 161 Å². The Morgan fingerprint density at radius 1 is 1.00 bits per heavy atom. The zero-order chi connectivity index (χ0) is 19.9. The van der Waals surface area contributed by atoms with E-state index in [4.69, 9.17) is 0 Å². The number of nitrogens with zero attached hydrogens (tertiary/aromatic N) is 1. The highest BCUT2D eigenvalue weighted by molar-refractivity contribution is 6.03. The molecule has 1 unspecified atom stereocenters. The first-order valence-electron chi connectivity index (χ1n) is 9.39. The van der Waals surface area contributed by atoms with Crippen molar-refractivity contribution >= 4 is 22.4 Å². The number of rotatable bonds is 3. The van der Waals surface area contributed by atoms with Crippen LogP contribution >= 0.6 is 0 Å². The van der Waals surface area contributed by atoms with Crippen LogP contribution in [-0.4, -0.2) is 12.5 Å². The van der Waals surface area contributed by atoms with Gasteiger partial charge in [0.1, 0.15) is 0 Å². The van der Waals surface area contributed by atoms with Gasteiger partial charge in [0.25, 0.3) is 0 Å². The van der Waals surface area contributed by atoms with Crippen LogP contribution in [0.5, 0.6) is 0 Å². The predicted octanol–water partition coefficient (Wildman–Crippen LogP) is 6.14. The van der Waals surface area contributed by atoms with Crippen molar-refractivity contribution in [2.75, 3.05) is 11.4 Å². The maximum absolute atomic E-state index is 12.9. The molecule has 0 spiro atoms. The lowest BCUT2D eigenvalue weighted by Crippen LogP contribution is -2.37. The average Bonchev–Trinajstić information content (AvgIpc) is 2.69. The lowest BCUT2D eigenvalue weighted by Gasteiger charge is -2.35. The highest BCUT2D eigenvalue weighted by Crippen LogP contribution is 2.44. The molecule has 0 saturated heterocycles. The van der Waals surface area contributed by atoms with Crippen molar-refractivity contribution in [3.63, 3.8) is 0 Å². The van der Waals surface area contributed by atoms with E-state index in [-0.39, 0.29) is 18.2 Å². The van der Waals surface area contributed by atoms with Crippen molar-refractivity contribution in [3.8, 4) is 0 Å². The molecule has 1 atom stereocenters. The van der Waals surface area contributed by atoms with E-state index >= 15 is 0 Å². The zero-order valence-electron chi connectivity index (χ0n) is 15.5. The molecule has 3 aromatic rings. The van der Waals surface area contributed by atoms with E-state index in [0.29, 0.717) is 6.54 Å². The third-order valence-corrected chi connectivity index (χ3v) is 5.35. The maximum Gasteiger partial charge on any atom is 0.416 e. The van der Waals surface area contributed by atoms with E-state index in [1.54, 1.807) is 0 Å². The minimum atomic E-state index is -4.37. The Morgan fingerprint density at radius 3 is 2.39 bits per heavy atom. The van der Waals surface area contributed by atoms with Crippen molar-refractivity contribution in [1.29, 1.82) is 0 Å². The Balaban J connectivity index is 1.89. The highest BCUT2D eigenvalue weighted by Gasteiger charge is 2.34. The fraction of sp³-hybridized carbons (Fsp3) is 0.261. The minimum absolute atomic E-state index is 0.00882. The van der Waals surface area contributed by atoms with Gasteiger partial charge in [0.2, 0.25) is 5.91 Å². The Hall–Kier alpha value is -2.82. The first-order valence-corrected chi connectivity index (χ1v) is 9.39. The van der Waals surface area contributed by atoms with Gasteiger partial charge in [-0.25, -0.2) is 0 Å². The van der Waals surface area contributed by atoms with Crippen molar-refractivity contribution < 1.29 is 18.0 Å². The molecule has 144 valence electrons. The van der Waals surface area contributed by atoms with Gasteiger partial charge in [-0.2, -0.15) is 13.2 Å². The van der Waals surface area contributed by atoms with Gasteiger partial charge < -0.3 is 4.90 Å². The second kappa shape index (κ2) is 6.97. The summed E-state index contributed by atoms with van der Waals surface area (Å²) in [5.74, 6) is -0.251. The van der Waals surface area contributed by atoms with Gasteiger partial charge in [-0.15, -0.1) is 0 Å². The maximum atomic E-state index is 12.9. The zero-order valence-corrected chi connectivity index (χ0v) is 15.5. The largest absolute Gasteiger partial charge is 0.416 e. The molecule has 1 aliphatic heterocycles.